The number of rotatable bonds is 11. The predicted octanol–water partition coefficient (Wildman–Crippen LogP) is 8.50. The van der Waals surface area contributed by atoms with Crippen LogP contribution in [0.15, 0.2) is 66.7 Å². The van der Waals surface area contributed by atoms with E-state index in [1.165, 1.54) is 36.4 Å². The fourth-order valence-electron chi connectivity index (χ4n) is 3.61. The molecular weight excluding hydrogens is 555 g/mol. The van der Waals surface area contributed by atoms with Gasteiger partial charge in [-0.25, -0.2) is 0 Å². The molecule has 1 N–H and O–H groups in total. The monoisotopic (exact) mass is 581 g/mol. The first-order chi connectivity index (χ1) is 17.8. The first-order valence-electron chi connectivity index (χ1n) is 11.3. The van der Waals surface area contributed by atoms with E-state index >= 15 is 0 Å². The number of aliphatic hydroxyl groups is 1. The zero-order chi connectivity index (χ0) is 28.1. The molecule has 0 aliphatic heterocycles. The fraction of sp³-hybridized carbons (Fsp3) is 0.333. The molecule has 39 heavy (non-hydrogen) atoms. The summed E-state index contributed by atoms with van der Waals surface area (Å²) in [4.78, 5) is 0.802. The summed E-state index contributed by atoms with van der Waals surface area (Å²) in [6.45, 7) is 0.0438. The van der Waals surface area contributed by atoms with E-state index in [0.717, 1.165) is 22.6 Å². The number of aryl methyl sites for hydroxylation is 1. The second-order valence-electron chi connectivity index (χ2n) is 8.19. The van der Waals surface area contributed by atoms with Gasteiger partial charge in [-0.3, -0.25) is 0 Å². The summed E-state index contributed by atoms with van der Waals surface area (Å²) < 4.78 is 103. The van der Waals surface area contributed by atoms with E-state index in [4.69, 9.17) is 16.3 Å². The molecule has 0 heterocycles. The highest BCUT2D eigenvalue weighted by atomic mass is 35.5. The van der Waals surface area contributed by atoms with Crippen molar-refractivity contribution in [2.75, 3.05) is 11.5 Å². The van der Waals surface area contributed by atoms with Crippen LogP contribution in [0.4, 0.5) is 36.4 Å². The molecule has 0 spiro atoms. The van der Waals surface area contributed by atoms with Gasteiger partial charge >= 0.3 is 18.7 Å². The van der Waals surface area contributed by atoms with E-state index in [2.05, 4.69) is 4.74 Å². The lowest BCUT2D eigenvalue weighted by molar-refractivity contribution is -0.253. The number of ether oxygens (including phenoxy) is 2. The van der Waals surface area contributed by atoms with Crippen molar-refractivity contribution in [1.82, 2.24) is 0 Å². The van der Waals surface area contributed by atoms with Crippen LogP contribution < -0.4 is 14.4 Å². The quantitative estimate of drug-likeness (QED) is 0.231. The van der Waals surface area contributed by atoms with E-state index in [9.17, 15) is 35.8 Å². The lowest BCUT2D eigenvalue weighted by atomic mass is 10.1. The number of anilines is 1. The van der Waals surface area contributed by atoms with Crippen LogP contribution in [-0.4, -0.2) is 36.5 Å². The Morgan fingerprint density at radius 3 is 2.15 bits per heavy atom. The molecule has 0 aliphatic rings. The zero-order valence-corrected chi connectivity index (χ0v) is 20.6. The average Bonchev–Trinajstić information content (AvgIpc) is 2.84. The topological polar surface area (TPSA) is 41.9 Å². The van der Waals surface area contributed by atoms with Crippen LogP contribution in [0.25, 0.3) is 0 Å². The van der Waals surface area contributed by atoms with Gasteiger partial charge in [0.25, 0.3) is 0 Å². The Kier molecular flexibility index (Phi) is 10.9. The van der Waals surface area contributed by atoms with Crippen molar-refractivity contribution in [3.8, 4) is 17.2 Å². The van der Waals surface area contributed by atoms with Gasteiger partial charge in [-0.15, -0.1) is 0 Å². The Balaban J connectivity index is 0.00000533. The lowest BCUT2D eigenvalue weighted by Crippen LogP contribution is -2.48. The summed E-state index contributed by atoms with van der Waals surface area (Å²) in [5.74, 6) is -0.0782. The van der Waals surface area contributed by atoms with E-state index < -0.39 is 43.7 Å². The van der Waals surface area contributed by atoms with E-state index in [-0.39, 0.29) is 24.4 Å². The standard InChI is InChI=1S/C26H23ClF7NO3.CH4/c1-2-17-12-20(9-10-22(17)27)37-19-7-4-6-18(13-19)35(23(15-36)25(30,31)32)14-16-5-3-8-21(11-16)38-26(33,34)24(28)29;/h3-13,23-24,36H,2,14-15H2,1H3;1H4. The Bertz CT molecular complexity index is 1220. The number of halogens is 8. The van der Waals surface area contributed by atoms with Gasteiger partial charge in [-0.2, -0.15) is 30.7 Å². The van der Waals surface area contributed by atoms with Gasteiger partial charge < -0.3 is 19.5 Å². The van der Waals surface area contributed by atoms with E-state index in [1.807, 2.05) is 6.92 Å². The molecule has 0 saturated carbocycles. The minimum Gasteiger partial charge on any atom is -0.457 e. The molecule has 0 fully saturated rings. The Hall–Kier alpha value is -3.18. The third-order valence-electron chi connectivity index (χ3n) is 5.47. The normalized spacial score (nSPS) is 12.6. The van der Waals surface area contributed by atoms with Crippen LogP contribution in [0, 0.1) is 0 Å². The van der Waals surface area contributed by atoms with Crippen LogP contribution in [-0.2, 0) is 13.0 Å². The van der Waals surface area contributed by atoms with Crippen molar-refractivity contribution in [2.24, 2.45) is 0 Å². The molecule has 0 aliphatic carbocycles. The van der Waals surface area contributed by atoms with Crippen LogP contribution in [0.3, 0.4) is 0 Å². The van der Waals surface area contributed by atoms with Crippen molar-refractivity contribution < 1.29 is 45.3 Å². The van der Waals surface area contributed by atoms with Gasteiger partial charge in [0.1, 0.15) is 23.3 Å². The smallest absolute Gasteiger partial charge is 0.457 e. The summed E-state index contributed by atoms with van der Waals surface area (Å²) in [6, 6.07) is 12.6. The maximum atomic E-state index is 13.9. The third kappa shape index (κ3) is 8.40. The van der Waals surface area contributed by atoms with Gasteiger partial charge in [-0.1, -0.05) is 44.2 Å². The van der Waals surface area contributed by atoms with Gasteiger partial charge in [0.2, 0.25) is 0 Å². The van der Waals surface area contributed by atoms with Crippen molar-refractivity contribution in [2.45, 2.75) is 52.1 Å². The van der Waals surface area contributed by atoms with Crippen molar-refractivity contribution in [1.29, 1.82) is 0 Å². The van der Waals surface area contributed by atoms with Crippen LogP contribution in [0.2, 0.25) is 5.02 Å². The van der Waals surface area contributed by atoms with Crippen molar-refractivity contribution >= 4 is 17.3 Å². The maximum absolute atomic E-state index is 13.9. The zero-order valence-electron chi connectivity index (χ0n) is 19.9. The number of aliphatic hydroxyl groups excluding tert-OH is 1. The molecule has 0 saturated heterocycles. The van der Waals surface area contributed by atoms with E-state index in [1.54, 1.807) is 18.2 Å². The third-order valence-corrected chi connectivity index (χ3v) is 5.84. The van der Waals surface area contributed by atoms with Gasteiger partial charge in [-0.05, 0) is 60.0 Å². The summed E-state index contributed by atoms with van der Waals surface area (Å²) in [5, 5.41) is 10.2. The van der Waals surface area contributed by atoms with Gasteiger partial charge in [0, 0.05) is 23.3 Å². The molecule has 3 aromatic carbocycles. The minimum atomic E-state index is -4.88. The van der Waals surface area contributed by atoms with Crippen molar-refractivity contribution in [3.63, 3.8) is 0 Å². The summed E-state index contributed by atoms with van der Waals surface area (Å²) in [6.07, 6.45) is -13.2. The molecule has 4 nitrogen and oxygen atoms in total. The molecular formula is C27H27ClF7NO3. The molecule has 1 unspecified atom stereocenters. The first kappa shape index (κ1) is 32.0. The van der Waals surface area contributed by atoms with Crippen molar-refractivity contribution in [3.05, 3.63) is 82.9 Å². The number of hydrogen-bond acceptors (Lipinski definition) is 4. The van der Waals surface area contributed by atoms with Crippen LogP contribution >= 0.6 is 11.6 Å². The number of hydrogen-bond donors (Lipinski definition) is 1. The van der Waals surface area contributed by atoms with Gasteiger partial charge in [0.15, 0.2) is 0 Å². The van der Waals surface area contributed by atoms with E-state index in [0.29, 0.717) is 17.2 Å². The fourth-order valence-corrected chi connectivity index (χ4v) is 3.86. The molecule has 3 aromatic rings. The summed E-state index contributed by atoms with van der Waals surface area (Å²) in [7, 11) is 0. The van der Waals surface area contributed by atoms with Crippen LogP contribution in [0.5, 0.6) is 17.2 Å². The molecule has 0 bridgehead atoms. The largest absolute Gasteiger partial charge is 0.461 e. The second kappa shape index (κ2) is 13.3. The SMILES string of the molecule is C.CCc1cc(Oc2cccc(N(Cc3cccc(OC(F)(F)C(F)F)c3)C(CO)C(F)(F)F)c2)ccc1Cl. The van der Waals surface area contributed by atoms with Gasteiger partial charge in [0.05, 0.1) is 6.61 Å². The molecule has 0 amide bonds. The highest BCUT2D eigenvalue weighted by Gasteiger charge is 2.45. The first-order valence-corrected chi connectivity index (χ1v) is 11.7. The predicted molar refractivity (Wildman–Crippen MR) is 135 cm³/mol. The average molecular weight is 582 g/mol. The highest BCUT2D eigenvalue weighted by Crippen LogP contribution is 2.35. The number of alkyl halides is 7. The minimum absolute atomic E-state index is 0. The summed E-state index contributed by atoms with van der Waals surface area (Å²) >= 11 is 6.12. The second-order valence-corrected chi connectivity index (χ2v) is 8.59. The Labute approximate surface area is 226 Å². The maximum Gasteiger partial charge on any atom is 0.461 e. The Morgan fingerprint density at radius 1 is 0.897 bits per heavy atom. The number of nitrogens with zero attached hydrogens (tertiary/aromatic N) is 1. The molecule has 0 radical (unpaired) electrons. The Morgan fingerprint density at radius 2 is 1.54 bits per heavy atom. The molecule has 0 aromatic heterocycles. The molecule has 214 valence electrons. The molecule has 12 heteroatoms. The molecule has 1 atom stereocenters. The highest BCUT2D eigenvalue weighted by molar-refractivity contribution is 6.31. The van der Waals surface area contributed by atoms with Crippen LogP contribution in [0.1, 0.15) is 25.5 Å². The molecule has 3 rings (SSSR count). The lowest BCUT2D eigenvalue weighted by Gasteiger charge is -2.34. The summed E-state index contributed by atoms with van der Waals surface area (Å²) in [5.41, 5.74) is 0.832. The number of benzene rings is 3.